The molecule has 2 aromatic rings. The summed E-state index contributed by atoms with van der Waals surface area (Å²) in [6.45, 7) is 3.83. The molecule has 0 amide bonds. The fourth-order valence-electron chi connectivity index (χ4n) is 3.20. The van der Waals surface area contributed by atoms with Gasteiger partial charge in [-0.15, -0.1) is 0 Å². The third kappa shape index (κ3) is 1.87. The van der Waals surface area contributed by atoms with Gasteiger partial charge in [-0.1, -0.05) is 0 Å². The lowest BCUT2D eigenvalue weighted by Gasteiger charge is -2.34. The monoisotopic (exact) mass is 284 g/mol. The summed E-state index contributed by atoms with van der Waals surface area (Å²) in [4.78, 5) is 13.5. The van der Waals surface area contributed by atoms with Crippen LogP contribution in [0.25, 0.3) is 11.3 Å². The molecule has 0 spiro atoms. The summed E-state index contributed by atoms with van der Waals surface area (Å²) in [5.74, 6) is 0.700. The second kappa shape index (κ2) is 4.41. The van der Waals surface area contributed by atoms with Gasteiger partial charge < -0.3 is 9.80 Å². The van der Waals surface area contributed by atoms with E-state index in [1.807, 2.05) is 6.07 Å². The Kier molecular flexibility index (Phi) is 2.64. The molecule has 2 bridgehead atoms. The highest BCUT2D eigenvalue weighted by molar-refractivity contribution is 5.75. The van der Waals surface area contributed by atoms with Crippen LogP contribution in [0, 0.1) is 12.7 Å². The van der Waals surface area contributed by atoms with E-state index in [1.54, 1.807) is 13.1 Å². The number of aromatic nitrogens is 2. The molecule has 5 heteroatoms. The van der Waals surface area contributed by atoms with Crippen LogP contribution < -0.4 is 9.80 Å². The van der Waals surface area contributed by atoms with Gasteiger partial charge in [0.2, 0.25) is 0 Å². The summed E-state index contributed by atoms with van der Waals surface area (Å²) in [7, 11) is 2.09. The van der Waals surface area contributed by atoms with Gasteiger partial charge in [-0.25, -0.2) is 9.37 Å². The molecule has 2 aliphatic rings. The number of aryl methyl sites for hydroxylation is 1. The van der Waals surface area contributed by atoms with E-state index in [9.17, 15) is 4.39 Å². The Balaban J connectivity index is 1.80. The van der Waals surface area contributed by atoms with Crippen molar-refractivity contribution < 1.29 is 4.39 Å². The van der Waals surface area contributed by atoms with Crippen LogP contribution in [0.3, 0.4) is 0 Å². The van der Waals surface area contributed by atoms with Gasteiger partial charge in [-0.3, -0.25) is 4.98 Å². The van der Waals surface area contributed by atoms with Gasteiger partial charge in [0, 0.05) is 37.9 Å². The lowest BCUT2D eigenvalue weighted by molar-refractivity contribution is 0.610. The first kappa shape index (κ1) is 12.6. The molecule has 1 saturated heterocycles. The van der Waals surface area contributed by atoms with Gasteiger partial charge in [0.15, 0.2) is 5.82 Å². The van der Waals surface area contributed by atoms with Crippen LogP contribution in [0.1, 0.15) is 12.1 Å². The number of fused-ring (bicyclic) bond motifs is 4. The van der Waals surface area contributed by atoms with Crippen LogP contribution in [0.5, 0.6) is 0 Å². The average molecular weight is 284 g/mol. The van der Waals surface area contributed by atoms with Crippen LogP contribution >= 0.6 is 0 Å². The van der Waals surface area contributed by atoms with Crippen molar-refractivity contribution in [3.8, 4) is 11.3 Å². The third-order valence-corrected chi connectivity index (χ3v) is 4.56. The van der Waals surface area contributed by atoms with E-state index in [0.29, 0.717) is 11.7 Å². The molecule has 1 fully saturated rings. The molecule has 0 N–H and O–H groups in total. The number of hydrogen-bond donors (Lipinski definition) is 0. The summed E-state index contributed by atoms with van der Waals surface area (Å²) >= 11 is 0. The first-order chi connectivity index (χ1) is 10.1. The van der Waals surface area contributed by atoms with Crippen molar-refractivity contribution in [3.05, 3.63) is 35.9 Å². The molecular weight excluding hydrogens is 267 g/mol. The van der Waals surface area contributed by atoms with Crippen LogP contribution in [0.2, 0.25) is 0 Å². The first-order valence-electron chi connectivity index (χ1n) is 7.25. The molecule has 0 radical (unpaired) electrons. The van der Waals surface area contributed by atoms with Gasteiger partial charge in [0.1, 0.15) is 5.82 Å². The normalized spacial score (nSPS) is 19.9. The third-order valence-electron chi connectivity index (χ3n) is 4.56. The highest BCUT2D eigenvalue weighted by atomic mass is 19.1. The van der Waals surface area contributed by atoms with Gasteiger partial charge in [0.05, 0.1) is 17.1 Å². The average Bonchev–Trinajstić information content (AvgIpc) is 2.94. The Labute approximate surface area is 123 Å². The number of likely N-dealkylation sites (N-methyl/N-ethyl adjacent to an activating group) is 1. The van der Waals surface area contributed by atoms with E-state index in [0.717, 1.165) is 30.2 Å². The highest BCUT2D eigenvalue weighted by Gasteiger charge is 2.34. The topological polar surface area (TPSA) is 32.3 Å². The predicted molar refractivity (Wildman–Crippen MR) is 81.2 cm³/mol. The molecule has 2 aliphatic heterocycles. The fraction of sp³-hybridized carbons (Fsp3) is 0.375. The highest BCUT2D eigenvalue weighted by Crippen LogP contribution is 2.38. The summed E-state index contributed by atoms with van der Waals surface area (Å²) < 4.78 is 13.7. The first-order valence-corrected chi connectivity index (χ1v) is 7.25. The fourth-order valence-corrected chi connectivity index (χ4v) is 3.20. The van der Waals surface area contributed by atoms with Crippen LogP contribution in [-0.4, -0.2) is 36.1 Å². The Morgan fingerprint density at radius 3 is 3.00 bits per heavy atom. The maximum Gasteiger partial charge on any atom is 0.152 e. The Morgan fingerprint density at radius 1 is 1.33 bits per heavy atom. The number of hydrogen-bond acceptors (Lipinski definition) is 4. The van der Waals surface area contributed by atoms with Crippen LogP contribution in [-0.2, 0) is 0 Å². The summed E-state index contributed by atoms with van der Waals surface area (Å²) in [6.07, 6.45) is 2.85. The van der Waals surface area contributed by atoms with E-state index < -0.39 is 0 Å². The van der Waals surface area contributed by atoms with Crippen molar-refractivity contribution in [2.24, 2.45) is 0 Å². The maximum atomic E-state index is 13.7. The van der Waals surface area contributed by atoms with E-state index >= 15 is 0 Å². The molecule has 0 aromatic carbocycles. The second-order valence-electron chi connectivity index (χ2n) is 5.83. The molecule has 21 heavy (non-hydrogen) atoms. The summed E-state index contributed by atoms with van der Waals surface area (Å²) in [5.41, 5.74) is 3.09. The van der Waals surface area contributed by atoms with Crippen LogP contribution in [0.4, 0.5) is 15.9 Å². The molecule has 0 aliphatic carbocycles. The van der Waals surface area contributed by atoms with Crippen molar-refractivity contribution in [3.63, 3.8) is 0 Å². The van der Waals surface area contributed by atoms with Crippen molar-refractivity contribution in [1.82, 2.24) is 9.97 Å². The van der Waals surface area contributed by atoms with Gasteiger partial charge in [0.25, 0.3) is 0 Å². The standard InChI is InChI=1S/C16H17FN4/c1-10-13(17)7-11(8-18-10)14-3-4-15-16(19-14)20(2)12-5-6-21(15)9-12/h3-4,7-8,12H,5-6,9H2,1-2H3. The minimum absolute atomic E-state index is 0.288. The SMILES string of the molecule is Cc1ncc(-c2ccc3c(n2)N(C)C2CCN3C2)cc1F. The van der Waals surface area contributed by atoms with Gasteiger partial charge >= 0.3 is 0 Å². The van der Waals surface area contributed by atoms with Gasteiger partial charge in [-0.2, -0.15) is 0 Å². The number of pyridine rings is 2. The Morgan fingerprint density at radius 2 is 2.19 bits per heavy atom. The Hall–Kier alpha value is -2.17. The minimum atomic E-state index is -0.288. The molecular formula is C16H17FN4. The van der Waals surface area contributed by atoms with Gasteiger partial charge in [-0.05, 0) is 31.5 Å². The van der Waals surface area contributed by atoms with Crippen molar-refractivity contribution in [1.29, 1.82) is 0 Å². The number of nitrogens with zero attached hydrogens (tertiary/aromatic N) is 4. The number of rotatable bonds is 1. The predicted octanol–water partition coefficient (Wildman–Crippen LogP) is 2.62. The van der Waals surface area contributed by atoms with E-state index in [2.05, 4.69) is 27.9 Å². The van der Waals surface area contributed by atoms with Crippen molar-refractivity contribution >= 4 is 11.5 Å². The molecule has 1 atom stereocenters. The second-order valence-corrected chi connectivity index (χ2v) is 5.83. The molecule has 1 unspecified atom stereocenters. The lowest BCUT2D eigenvalue weighted by atomic mass is 10.1. The quantitative estimate of drug-likeness (QED) is 0.806. The molecule has 4 heterocycles. The van der Waals surface area contributed by atoms with E-state index in [4.69, 9.17) is 4.98 Å². The smallest absolute Gasteiger partial charge is 0.152 e. The molecule has 2 aromatic heterocycles. The maximum absolute atomic E-state index is 13.7. The molecule has 108 valence electrons. The van der Waals surface area contributed by atoms with Crippen molar-refractivity contribution in [2.45, 2.75) is 19.4 Å². The zero-order valence-electron chi connectivity index (χ0n) is 12.2. The largest absolute Gasteiger partial charge is 0.366 e. The molecule has 0 saturated carbocycles. The lowest BCUT2D eigenvalue weighted by Crippen LogP contribution is -2.40. The van der Waals surface area contributed by atoms with Crippen LogP contribution in [0.15, 0.2) is 24.4 Å². The molecule has 4 rings (SSSR count). The summed E-state index contributed by atoms with van der Waals surface area (Å²) in [5, 5.41) is 0. The zero-order chi connectivity index (χ0) is 14.6. The number of anilines is 2. The number of halogens is 1. The minimum Gasteiger partial charge on any atom is -0.366 e. The van der Waals surface area contributed by atoms with E-state index in [1.165, 1.54) is 18.2 Å². The van der Waals surface area contributed by atoms with Crippen molar-refractivity contribution in [2.75, 3.05) is 29.9 Å². The summed E-state index contributed by atoms with van der Waals surface area (Å²) in [6, 6.07) is 6.09. The zero-order valence-corrected chi connectivity index (χ0v) is 12.2. The van der Waals surface area contributed by atoms with E-state index in [-0.39, 0.29) is 5.82 Å². The Bertz CT molecular complexity index is 715. The molecule has 4 nitrogen and oxygen atoms in total.